The number of aromatic nitrogens is 1. The molecule has 2 aromatic carbocycles. The van der Waals surface area contributed by atoms with Gasteiger partial charge in [0.05, 0.1) is 12.1 Å². The molecule has 3 N–H and O–H groups in total. The summed E-state index contributed by atoms with van der Waals surface area (Å²) in [5, 5.41) is 10.7. The van der Waals surface area contributed by atoms with Gasteiger partial charge in [-0.2, -0.15) is 0 Å². The van der Waals surface area contributed by atoms with Crippen LogP contribution in [0.5, 0.6) is 0 Å². The van der Waals surface area contributed by atoms with E-state index in [1.807, 2.05) is 61.7 Å². The summed E-state index contributed by atoms with van der Waals surface area (Å²) in [7, 11) is 0. The molecule has 3 rings (SSSR count). The molecule has 0 saturated heterocycles. The molecule has 1 aromatic heterocycles. The van der Waals surface area contributed by atoms with E-state index in [1.54, 1.807) is 12.1 Å². The number of amides is 3. The Labute approximate surface area is 191 Å². The van der Waals surface area contributed by atoms with Gasteiger partial charge in [-0.3, -0.25) is 14.4 Å². The monoisotopic (exact) mass is 450 g/mol. The summed E-state index contributed by atoms with van der Waals surface area (Å²) in [4.78, 5) is 40.9. The molecule has 32 heavy (non-hydrogen) atoms. The van der Waals surface area contributed by atoms with Crippen LogP contribution in [0.15, 0.2) is 60.0 Å². The van der Waals surface area contributed by atoms with E-state index in [0.717, 1.165) is 11.1 Å². The maximum absolute atomic E-state index is 12.8. The molecule has 8 heteroatoms. The minimum Gasteiger partial charge on any atom is -0.344 e. The Kier molecular flexibility index (Phi) is 7.72. The third-order valence-corrected chi connectivity index (χ3v) is 5.47. The third kappa shape index (κ3) is 6.49. The second-order valence-corrected chi connectivity index (χ2v) is 8.60. The molecule has 0 spiro atoms. The van der Waals surface area contributed by atoms with Crippen LogP contribution < -0.4 is 16.0 Å². The highest BCUT2D eigenvalue weighted by Crippen LogP contribution is 2.26. The lowest BCUT2D eigenvalue weighted by Crippen LogP contribution is -2.47. The summed E-state index contributed by atoms with van der Waals surface area (Å²) in [5.74, 6) is -0.727. The van der Waals surface area contributed by atoms with Crippen molar-refractivity contribution in [2.45, 2.75) is 33.2 Å². The first-order valence-corrected chi connectivity index (χ1v) is 11.2. The Morgan fingerprint density at radius 3 is 2.28 bits per heavy atom. The lowest BCUT2D eigenvalue weighted by molar-refractivity contribution is -0.127. The van der Waals surface area contributed by atoms with Crippen molar-refractivity contribution < 1.29 is 14.4 Å². The molecule has 0 unspecified atom stereocenters. The van der Waals surface area contributed by atoms with Crippen molar-refractivity contribution in [3.63, 3.8) is 0 Å². The molecule has 0 aliphatic rings. The molecule has 3 aromatic rings. The fourth-order valence-electron chi connectivity index (χ4n) is 3.12. The summed E-state index contributed by atoms with van der Waals surface area (Å²) < 4.78 is 0. The summed E-state index contributed by atoms with van der Waals surface area (Å²) in [6, 6.07) is 16.0. The van der Waals surface area contributed by atoms with Crippen LogP contribution in [0.3, 0.4) is 0 Å². The zero-order valence-corrected chi connectivity index (χ0v) is 19.0. The minimum atomic E-state index is -0.671. The Hall–Kier alpha value is -3.52. The number of thiazole rings is 1. The van der Waals surface area contributed by atoms with Gasteiger partial charge in [0.2, 0.25) is 17.7 Å². The van der Waals surface area contributed by atoms with Gasteiger partial charge in [0.1, 0.15) is 6.04 Å². The molecule has 0 bridgehead atoms. The van der Waals surface area contributed by atoms with Crippen molar-refractivity contribution in [1.29, 1.82) is 0 Å². The summed E-state index contributed by atoms with van der Waals surface area (Å²) in [6.07, 6.45) is 0.215. The molecular formula is C24H26N4O3S. The van der Waals surface area contributed by atoms with Crippen LogP contribution in [0.1, 0.15) is 26.3 Å². The van der Waals surface area contributed by atoms with Gasteiger partial charge in [0, 0.05) is 23.6 Å². The predicted molar refractivity (Wildman–Crippen MR) is 127 cm³/mol. The van der Waals surface area contributed by atoms with Crippen LogP contribution in [0.4, 0.5) is 10.8 Å². The number of nitrogens with zero attached hydrogens (tertiary/aromatic N) is 1. The van der Waals surface area contributed by atoms with Gasteiger partial charge in [-0.25, -0.2) is 4.98 Å². The van der Waals surface area contributed by atoms with E-state index in [0.29, 0.717) is 16.5 Å². The molecular weight excluding hydrogens is 424 g/mol. The van der Waals surface area contributed by atoms with E-state index >= 15 is 0 Å². The number of benzene rings is 2. The van der Waals surface area contributed by atoms with Crippen LogP contribution in [-0.4, -0.2) is 28.7 Å². The molecule has 3 amide bonds. The van der Waals surface area contributed by atoms with Crippen molar-refractivity contribution in [1.82, 2.24) is 10.3 Å². The average molecular weight is 451 g/mol. The maximum Gasteiger partial charge on any atom is 0.248 e. The highest BCUT2D eigenvalue weighted by atomic mass is 32.1. The van der Waals surface area contributed by atoms with E-state index in [2.05, 4.69) is 20.9 Å². The number of hydrogen-bond acceptors (Lipinski definition) is 5. The van der Waals surface area contributed by atoms with Crippen molar-refractivity contribution in [3.8, 4) is 11.3 Å². The number of carbonyl (C=O) groups is 3. The van der Waals surface area contributed by atoms with Gasteiger partial charge in [0.25, 0.3) is 0 Å². The van der Waals surface area contributed by atoms with Crippen LogP contribution in [0.2, 0.25) is 0 Å². The lowest BCUT2D eigenvalue weighted by Gasteiger charge is -2.21. The van der Waals surface area contributed by atoms with Crippen LogP contribution in [0.25, 0.3) is 11.3 Å². The highest BCUT2D eigenvalue weighted by molar-refractivity contribution is 7.14. The van der Waals surface area contributed by atoms with Crippen molar-refractivity contribution in [3.05, 3.63) is 65.5 Å². The third-order valence-electron chi connectivity index (χ3n) is 4.71. The molecule has 0 fully saturated rings. The van der Waals surface area contributed by atoms with Crippen LogP contribution in [0, 0.1) is 5.92 Å². The first kappa shape index (κ1) is 23.1. The summed E-state index contributed by atoms with van der Waals surface area (Å²) in [5.41, 5.74) is 3.18. The topological polar surface area (TPSA) is 100 Å². The van der Waals surface area contributed by atoms with E-state index < -0.39 is 6.04 Å². The molecule has 7 nitrogen and oxygen atoms in total. The fraction of sp³-hybridized carbons (Fsp3) is 0.250. The molecule has 166 valence electrons. The number of rotatable bonds is 8. The second-order valence-electron chi connectivity index (χ2n) is 7.74. The van der Waals surface area contributed by atoms with Gasteiger partial charge in [0.15, 0.2) is 5.13 Å². The van der Waals surface area contributed by atoms with E-state index in [1.165, 1.54) is 18.3 Å². The quantitative estimate of drug-likeness (QED) is 0.481. The van der Waals surface area contributed by atoms with E-state index in [-0.39, 0.29) is 30.1 Å². The molecule has 0 aliphatic carbocycles. The number of anilines is 2. The van der Waals surface area contributed by atoms with Crippen LogP contribution in [-0.2, 0) is 20.8 Å². The van der Waals surface area contributed by atoms with Crippen molar-refractivity contribution in [2.24, 2.45) is 5.92 Å². The fourth-order valence-corrected chi connectivity index (χ4v) is 3.84. The van der Waals surface area contributed by atoms with Gasteiger partial charge in [-0.15, -0.1) is 11.3 Å². The Morgan fingerprint density at radius 1 is 0.969 bits per heavy atom. The molecule has 0 aliphatic heterocycles. The standard InChI is InChI=1S/C24H26N4O3S/c1-15(2)22(27-21(30)13-17-7-5-4-6-8-17)23(31)28-24-26-20(14-32-24)18-9-11-19(12-10-18)25-16(3)29/h4-12,14-15,22H,13H2,1-3H3,(H,25,29)(H,27,30)(H,26,28,31)/t22-/m0/s1. The number of nitrogens with one attached hydrogen (secondary N) is 3. The second kappa shape index (κ2) is 10.7. The minimum absolute atomic E-state index is 0.0875. The Bertz CT molecular complexity index is 1080. The van der Waals surface area contributed by atoms with E-state index in [4.69, 9.17) is 0 Å². The van der Waals surface area contributed by atoms with Crippen molar-refractivity contribution >= 4 is 39.9 Å². The maximum atomic E-state index is 12.8. The van der Waals surface area contributed by atoms with Gasteiger partial charge in [-0.05, 0) is 23.6 Å². The molecule has 0 radical (unpaired) electrons. The van der Waals surface area contributed by atoms with Crippen molar-refractivity contribution in [2.75, 3.05) is 10.6 Å². The SMILES string of the molecule is CC(=O)Nc1ccc(-c2csc(NC(=O)[C@@H](NC(=O)Cc3ccccc3)C(C)C)n2)cc1. The summed E-state index contributed by atoms with van der Waals surface area (Å²) in [6.45, 7) is 5.23. The first-order valence-electron chi connectivity index (χ1n) is 10.3. The van der Waals surface area contributed by atoms with Crippen LogP contribution >= 0.6 is 11.3 Å². The first-order chi connectivity index (χ1) is 15.3. The van der Waals surface area contributed by atoms with Gasteiger partial charge >= 0.3 is 0 Å². The predicted octanol–water partition coefficient (Wildman–Crippen LogP) is 4.09. The Morgan fingerprint density at radius 2 is 1.66 bits per heavy atom. The smallest absolute Gasteiger partial charge is 0.248 e. The number of hydrogen-bond donors (Lipinski definition) is 3. The highest BCUT2D eigenvalue weighted by Gasteiger charge is 2.25. The Balaban J connectivity index is 1.62. The van der Waals surface area contributed by atoms with Gasteiger partial charge in [-0.1, -0.05) is 56.3 Å². The lowest BCUT2D eigenvalue weighted by atomic mass is 10.0. The largest absolute Gasteiger partial charge is 0.344 e. The molecule has 1 heterocycles. The molecule has 1 atom stereocenters. The number of carbonyl (C=O) groups excluding carboxylic acids is 3. The van der Waals surface area contributed by atoms with Gasteiger partial charge < -0.3 is 16.0 Å². The summed E-state index contributed by atoms with van der Waals surface area (Å²) >= 11 is 1.31. The van der Waals surface area contributed by atoms with E-state index in [9.17, 15) is 14.4 Å². The normalized spacial score (nSPS) is 11.6. The molecule has 0 saturated carbocycles. The zero-order chi connectivity index (χ0) is 23.1. The zero-order valence-electron chi connectivity index (χ0n) is 18.2. The average Bonchev–Trinajstić information content (AvgIpc) is 3.21.